The van der Waals surface area contributed by atoms with E-state index in [4.69, 9.17) is 9.47 Å². The van der Waals surface area contributed by atoms with Crippen molar-refractivity contribution in [1.29, 1.82) is 0 Å². The predicted octanol–water partition coefficient (Wildman–Crippen LogP) is 6.37. The second-order valence-corrected chi connectivity index (χ2v) is 9.28. The molecule has 1 aliphatic rings. The van der Waals surface area contributed by atoms with Gasteiger partial charge in [0.05, 0.1) is 19.6 Å². The van der Waals surface area contributed by atoms with Crippen LogP contribution in [0.1, 0.15) is 56.9 Å². The van der Waals surface area contributed by atoms with Crippen LogP contribution in [0.4, 0.5) is 0 Å². The highest BCUT2D eigenvalue weighted by atomic mass is 32.2. The first-order valence-corrected chi connectivity index (χ1v) is 11.8. The normalized spacial score (nSPS) is 15.1. The highest BCUT2D eigenvalue weighted by Crippen LogP contribution is 2.37. The molecule has 0 spiro atoms. The Balaban J connectivity index is 1.58. The second-order valence-electron chi connectivity index (χ2n) is 7.91. The number of thioether (sulfide) groups is 1. The van der Waals surface area contributed by atoms with Gasteiger partial charge < -0.3 is 14.6 Å². The Labute approximate surface area is 184 Å². The number of methoxy groups -OCH3 is 1. The lowest BCUT2D eigenvalue weighted by molar-refractivity contribution is -0.137. The molecule has 0 aromatic heterocycles. The Kier molecular flexibility index (Phi) is 8.94. The highest BCUT2D eigenvalue weighted by Gasteiger charge is 2.20. The van der Waals surface area contributed by atoms with E-state index in [-0.39, 0.29) is 17.8 Å². The van der Waals surface area contributed by atoms with E-state index >= 15 is 0 Å². The van der Waals surface area contributed by atoms with E-state index < -0.39 is 5.97 Å². The Morgan fingerprint density at radius 1 is 1.10 bits per heavy atom. The molecule has 3 rings (SSSR count). The minimum atomic E-state index is -0.744. The molecule has 0 aliphatic heterocycles. The van der Waals surface area contributed by atoms with E-state index in [9.17, 15) is 9.90 Å². The summed E-state index contributed by atoms with van der Waals surface area (Å²) < 4.78 is 11.7. The second kappa shape index (κ2) is 11.9. The number of rotatable bonds is 12. The molecule has 0 saturated heterocycles. The van der Waals surface area contributed by atoms with Gasteiger partial charge in [-0.25, -0.2) is 0 Å². The molecular weight excluding hydrogens is 396 g/mol. The Morgan fingerprint density at radius 3 is 2.57 bits per heavy atom. The molecule has 2 aromatic carbocycles. The van der Waals surface area contributed by atoms with Crippen LogP contribution in [0.3, 0.4) is 0 Å². The predicted molar refractivity (Wildman–Crippen MR) is 122 cm³/mol. The van der Waals surface area contributed by atoms with Gasteiger partial charge in [-0.1, -0.05) is 36.8 Å². The highest BCUT2D eigenvalue weighted by molar-refractivity contribution is 8.00. The number of unbranched alkanes of at least 4 members (excludes halogenated alkanes) is 1. The molecule has 30 heavy (non-hydrogen) atoms. The van der Waals surface area contributed by atoms with Gasteiger partial charge >= 0.3 is 5.97 Å². The zero-order valence-corrected chi connectivity index (χ0v) is 18.5. The third-order valence-corrected chi connectivity index (χ3v) is 6.78. The van der Waals surface area contributed by atoms with Crippen LogP contribution in [0.25, 0.3) is 0 Å². The Hall–Kier alpha value is -2.14. The summed E-state index contributed by atoms with van der Waals surface area (Å²) in [5.74, 6) is 0.767. The van der Waals surface area contributed by atoms with Crippen LogP contribution in [-0.4, -0.2) is 29.5 Å². The largest absolute Gasteiger partial charge is 0.493 e. The number of carbonyl (C=O) groups is 1. The van der Waals surface area contributed by atoms with Gasteiger partial charge in [-0.15, -0.1) is 11.8 Å². The lowest BCUT2D eigenvalue weighted by Gasteiger charge is -2.19. The zero-order chi connectivity index (χ0) is 21.2. The molecule has 5 heteroatoms. The van der Waals surface area contributed by atoms with Crippen LogP contribution >= 0.6 is 11.8 Å². The summed E-state index contributed by atoms with van der Waals surface area (Å²) in [6, 6.07) is 16.4. The van der Waals surface area contributed by atoms with Gasteiger partial charge in [-0.2, -0.15) is 0 Å². The quantitative estimate of drug-likeness (QED) is 0.315. The van der Waals surface area contributed by atoms with Crippen molar-refractivity contribution in [1.82, 2.24) is 0 Å². The summed E-state index contributed by atoms with van der Waals surface area (Å²) in [5.41, 5.74) is 1.34. The lowest BCUT2D eigenvalue weighted by atomic mass is 10.1. The molecule has 0 amide bonds. The molecule has 2 aromatic rings. The molecule has 0 bridgehead atoms. The monoisotopic (exact) mass is 428 g/mol. The SMILES string of the molecule is COc1ccc(SC(CCCCc2ccccc2)CC(=O)O)cc1OC1CCCC1. The van der Waals surface area contributed by atoms with Crippen LogP contribution in [0.5, 0.6) is 11.5 Å². The molecule has 1 fully saturated rings. The Bertz CT molecular complexity index is 787. The summed E-state index contributed by atoms with van der Waals surface area (Å²) in [5, 5.41) is 9.41. The average molecular weight is 429 g/mol. The fourth-order valence-corrected chi connectivity index (χ4v) is 5.16. The molecule has 0 radical (unpaired) electrons. The number of aliphatic carboxylic acids is 1. The minimum absolute atomic E-state index is 0.0472. The van der Waals surface area contributed by atoms with Crippen LogP contribution in [0.2, 0.25) is 0 Å². The van der Waals surface area contributed by atoms with Crippen molar-refractivity contribution >= 4 is 17.7 Å². The molecule has 0 heterocycles. The van der Waals surface area contributed by atoms with Crippen molar-refractivity contribution in [2.75, 3.05) is 7.11 Å². The number of hydrogen-bond donors (Lipinski definition) is 1. The van der Waals surface area contributed by atoms with Gasteiger partial charge in [-0.3, -0.25) is 4.79 Å². The fourth-order valence-electron chi connectivity index (χ4n) is 3.94. The zero-order valence-electron chi connectivity index (χ0n) is 17.7. The summed E-state index contributed by atoms with van der Waals surface area (Å²) in [4.78, 5) is 12.4. The summed E-state index contributed by atoms with van der Waals surface area (Å²) >= 11 is 1.64. The molecule has 1 atom stereocenters. The van der Waals surface area contributed by atoms with Gasteiger partial charge in [0.15, 0.2) is 11.5 Å². The topological polar surface area (TPSA) is 55.8 Å². The first-order valence-electron chi connectivity index (χ1n) is 10.9. The lowest BCUT2D eigenvalue weighted by Crippen LogP contribution is -2.12. The van der Waals surface area contributed by atoms with Crippen molar-refractivity contribution in [3.8, 4) is 11.5 Å². The van der Waals surface area contributed by atoms with Gasteiger partial charge in [0, 0.05) is 10.1 Å². The third kappa shape index (κ3) is 7.28. The molecule has 1 aliphatic carbocycles. The molecule has 162 valence electrons. The van der Waals surface area contributed by atoms with E-state index in [1.807, 2.05) is 24.3 Å². The van der Waals surface area contributed by atoms with Crippen molar-refractivity contribution in [3.05, 3.63) is 54.1 Å². The van der Waals surface area contributed by atoms with E-state index in [2.05, 4.69) is 24.3 Å². The van der Waals surface area contributed by atoms with Gasteiger partial charge in [0.2, 0.25) is 0 Å². The first kappa shape index (κ1) is 22.5. The maximum atomic E-state index is 11.4. The van der Waals surface area contributed by atoms with Crippen LogP contribution in [0, 0.1) is 0 Å². The van der Waals surface area contributed by atoms with E-state index in [0.29, 0.717) is 0 Å². The smallest absolute Gasteiger partial charge is 0.304 e. The minimum Gasteiger partial charge on any atom is -0.493 e. The third-order valence-electron chi connectivity index (χ3n) is 5.52. The number of aryl methyl sites for hydroxylation is 1. The van der Waals surface area contributed by atoms with Crippen molar-refractivity contribution in [3.63, 3.8) is 0 Å². The average Bonchev–Trinajstić information content (AvgIpc) is 3.25. The number of carboxylic acid groups (broad SMARTS) is 1. The van der Waals surface area contributed by atoms with Gasteiger partial charge in [-0.05, 0) is 68.7 Å². The molecule has 4 nitrogen and oxygen atoms in total. The standard InChI is InChI=1S/C25H32O4S/c1-28-23-16-15-22(17-24(23)29-20-12-6-7-13-20)30-21(18-25(26)27)14-8-5-11-19-9-3-2-4-10-19/h2-4,9-10,15-17,20-21H,5-8,11-14,18H2,1H3,(H,26,27). The number of carboxylic acids is 1. The Morgan fingerprint density at radius 2 is 1.87 bits per heavy atom. The van der Waals surface area contributed by atoms with Crippen LogP contribution in [-0.2, 0) is 11.2 Å². The van der Waals surface area contributed by atoms with Crippen molar-refractivity contribution in [2.24, 2.45) is 0 Å². The molecule has 1 saturated carbocycles. The van der Waals surface area contributed by atoms with Crippen LogP contribution < -0.4 is 9.47 Å². The first-order chi connectivity index (χ1) is 14.6. The van der Waals surface area contributed by atoms with Gasteiger partial charge in [0.1, 0.15) is 0 Å². The fraction of sp³-hybridized carbons (Fsp3) is 0.480. The number of benzene rings is 2. The van der Waals surface area contributed by atoms with Crippen LogP contribution in [0.15, 0.2) is 53.4 Å². The van der Waals surface area contributed by atoms with Gasteiger partial charge in [0.25, 0.3) is 0 Å². The van der Waals surface area contributed by atoms with Crippen molar-refractivity contribution < 1.29 is 19.4 Å². The van der Waals surface area contributed by atoms with E-state index in [1.165, 1.54) is 18.4 Å². The van der Waals surface area contributed by atoms with E-state index in [1.54, 1.807) is 18.9 Å². The maximum Gasteiger partial charge on any atom is 0.304 e. The maximum absolute atomic E-state index is 11.4. The summed E-state index contributed by atoms with van der Waals surface area (Å²) in [6.07, 6.45) is 9.03. The summed E-state index contributed by atoms with van der Waals surface area (Å²) in [7, 11) is 1.66. The van der Waals surface area contributed by atoms with Crippen molar-refractivity contribution in [2.45, 2.75) is 74.0 Å². The molecule has 1 N–H and O–H groups in total. The van der Waals surface area contributed by atoms with E-state index in [0.717, 1.165) is 54.9 Å². The molecular formula is C25H32O4S. The number of hydrogen-bond acceptors (Lipinski definition) is 4. The number of ether oxygens (including phenoxy) is 2. The molecule has 1 unspecified atom stereocenters. The summed E-state index contributed by atoms with van der Waals surface area (Å²) in [6.45, 7) is 0.